The van der Waals surface area contributed by atoms with Gasteiger partial charge in [0.15, 0.2) is 0 Å². The standard InChI is InChI=1S/C15H20N2O/c16-9-7-13-3-5-14(6-4-13)12-17-10-8-15-2-1-11-18-15/h1-6,11,17H,7-10,12,16H2. The van der Waals surface area contributed by atoms with Crippen molar-refractivity contribution in [3.05, 3.63) is 59.5 Å². The molecule has 0 saturated heterocycles. The number of hydrogen-bond acceptors (Lipinski definition) is 3. The molecule has 0 unspecified atom stereocenters. The third-order valence-corrected chi connectivity index (χ3v) is 2.91. The minimum absolute atomic E-state index is 0.709. The monoisotopic (exact) mass is 244 g/mol. The van der Waals surface area contributed by atoms with Crippen molar-refractivity contribution in [1.82, 2.24) is 5.32 Å². The normalized spacial score (nSPS) is 10.7. The summed E-state index contributed by atoms with van der Waals surface area (Å²) < 4.78 is 5.28. The third-order valence-electron chi connectivity index (χ3n) is 2.91. The average molecular weight is 244 g/mol. The van der Waals surface area contributed by atoms with Gasteiger partial charge >= 0.3 is 0 Å². The fourth-order valence-electron chi connectivity index (χ4n) is 1.89. The Kier molecular flexibility index (Phi) is 5.00. The highest BCUT2D eigenvalue weighted by atomic mass is 16.3. The highest BCUT2D eigenvalue weighted by Gasteiger charge is 1.97. The number of rotatable bonds is 7. The predicted molar refractivity (Wildman–Crippen MR) is 73.3 cm³/mol. The zero-order valence-electron chi connectivity index (χ0n) is 10.6. The molecule has 3 heteroatoms. The second-order valence-electron chi connectivity index (χ2n) is 4.36. The minimum Gasteiger partial charge on any atom is -0.469 e. The van der Waals surface area contributed by atoms with Crippen molar-refractivity contribution in [2.45, 2.75) is 19.4 Å². The summed E-state index contributed by atoms with van der Waals surface area (Å²) >= 11 is 0. The van der Waals surface area contributed by atoms with E-state index in [0.717, 1.165) is 31.7 Å². The van der Waals surface area contributed by atoms with Crippen molar-refractivity contribution in [2.24, 2.45) is 5.73 Å². The Balaban J connectivity index is 1.69. The third kappa shape index (κ3) is 4.02. The smallest absolute Gasteiger partial charge is 0.105 e. The molecule has 0 saturated carbocycles. The number of furan rings is 1. The van der Waals surface area contributed by atoms with E-state index in [4.69, 9.17) is 10.2 Å². The highest BCUT2D eigenvalue weighted by molar-refractivity contribution is 5.22. The molecule has 2 rings (SSSR count). The summed E-state index contributed by atoms with van der Waals surface area (Å²) in [6.07, 6.45) is 3.59. The lowest BCUT2D eigenvalue weighted by atomic mass is 10.1. The van der Waals surface area contributed by atoms with Crippen LogP contribution in [0.25, 0.3) is 0 Å². The van der Waals surface area contributed by atoms with Gasteiger partial charge in [-0.15, -0.1) is 0 Å². The van der Waals surface area contributed by atoms with Crippen molar-refractivity contribution >= 4 is 0 Å². The molecule has 18 heavy (non-hydrogen) atoms. The average Bonchev–Trinajstić information content (AvgIpc) is 2.90. The summed E-state index contributed by atoms with van der Waals surface area (Å²) in [6.45, 7) is 2.53. The first-order valence-electron chi connectivity index (χ1n) is 6.39. The predicted octanol–water partition coefficient (Wildman–Crippen LogP) is 2.11. The van der Waals surface area contributed by atoms with Crippen LogP contribution in [-0.2, 0) is 19.4 Å². The molecule has 96 valence electrons. The van der Waals surface area contributed by atoms with Gasteiger partial charge in [0, 0.05) is 19.5 Å². The quantitative estimate of drug-likeness (QED) is 0.733. The molecule has 0 atom stereocenters. The van der Waals surface area contributed by atoms with Crippen LogP contribution in [0, 0.1) is 0 Å². The van der Waals surface area contributed by atoms with E-state index in [1.807, 2.05) is 12.1 Å². The summed E-state index contributed by atoms with van der Waals surface area (Å²) in [6, 6.07) is 12.5. The molecule has 0 fully saturated rings. The second kappa shape index (κ2) is 6.99. The van der Waals surface area contributed by atoms with Gasteiger partial charge in [0.05, 0.1) is 6.26 Å². The molecule has 1 heterocycles. The molecule has 3 nitrogen and oxygen atoms in total. The largest absolute Gasteiger partial charge is 0.469 e. The van der Waals surface area contributed by atoms with Crippen LogP contribution in [0.3, 0.4) is 0 Å². The maximum absolute atomic E-state index is 5.52. The van der Waals surface area contributed by atoms with Crippen molar-refractivity contribution in [1.29, 1.82) is 0 Å². The Labute approximate surface area is 108 Å². The molecule has 0 radical (unpaired) electrons. The lowest BCUT2D eigenvalue weighted by Gasteiger charge is -2.05. The van der Waals surface area contributed by atoms with Crippen molar-refractivity contribution in [2.75, 3.05) is 13.1 Å². The SMILES string of the molecule is NCCc1ccc(CNCCc2ccco2)cc1. The molecule has 2 aromatic rings. The highest BCUT2D eigenvalue weighted by Crippen LogP contribution is 2.05. The van der Waals surface area contributed by atoms with E-state index in [1.165, 1.54) is 11.1 Å². The summed E-state index contributed by atoms with van der Waals surface area (Å²) in [5.41, 5.74) is 8.13. The fourth-order valence-corrected chi connectivity index (χ4v) is 1.89. The Morgan fingerprint density at radius 1 is 1.00 bits per heavy atom. The minimum atomic E-state index is 0.709. The Morgan fingerprint density at radius 2 is 1.78 bits per heavy atom. The van der Waals surface area contributed by atoms with Gasteiger partial charge in [-0.2, -0.15) is 0 Å². The summed E-state index contributed by atoms with van der Waals surface area (Å²) in [5, 5.41) is 3.41. The van der Waals surface area contributed by atoms with Gasteiger partial charge in [0.25, 0.3) is 0 Å². The van der Waals surface area contributed by atoms with Gasteiger partial charge < -0.3 is 15.5 Å². The molecule has 0 spiro atoms. The Morgan fingerprint density at radius 3 is 2.44 bits per heavy atom. The molecule has 0 amide bonds. The van der Waals surface area contributed by atoms with Crippen LogP contribution in [0.5, 0.6) is 0 Å². The first-order valence-corrected chi connectivity index (χ1v) is 6.39. The lowest BCUT2D eigenvalue weighted by molar-refractivity contribution is 0.499. The van der Waals surface area contributed by atoms with Crippen LogP contribution >= 0.6 is 0 Å². The lowest BCUT2D eigenvalue weighted by Crippen LogP contribution is -2.16. The molecule has 0 aliphatic rings. The molecule has 0 aliphatic heterocycles. The van der Waals surface area contributed by atoms with Gasteiger partial charge in [0.2, 0.25) is 0 Å². The fraction of sp³-hybridized carbons (Fsp3) is 0.333. The molecule has 1 aromatic heterocycles. The Bertz CT molecular complexity index is 434. The van der Waals surface area contributed by atoms with E-state index in [1.54, 1.807) is 6.26 Å². The van der Waals surface area contributed by atoms with Crippen LogP contribution in [0.1, 0.15) is 16.9 Å². The number of hydrogen-bond donors (Lipinski definition) is 2. The first-order chi connectivity index (χ1) is 8.88. The van der Waals surface area contributed by atoms with Crippen LogP contribution < -0.4 is 11.1 Å². The van der Waals surface area contributed by atoms with Gasteiger partial charge in [-0.1, -0.05) is 24.3 Å². The first kappa shape index (κ1) is 12.9. The molecular formula is C15H20N2O. The number of nitrogens with two attached hydrogens (primary N) is 1. The molecule has 3 N–H and O–H groups in total. The van der Waals surface area contributed by atoms with Gasteiger partial charge in [0.1, 0.15) is 5.76 Å². The summed E-state index contributed by atoms with van der Waals surface area (Å²) in [5.74, 6) is 1.03. The molecule has 0 aliphatic carbocycles. The van der Waals surface area contributed by atoms with Crippen molar-refractivity contribution in [3.63, 3.8) is 0 Å². The molecule has 0 bridgehead atoms. The van der Waals surface area contributed by atoms with E-state index in [9.17, 15) is 0 Å². The number of benzene rings is 1. The van der Waals surface area contributed by atoms with E-state index in [0.29, 0.717) is 6.54 Å². The van der Waals surface area contributed by atoms with Gasteiger partial charge in [-0.25, -0.2) is 0 Å². The van der Waals surface area contributed by atoms with Crippen LogP contribution in [-0.4, -0.2) is 13.1 Å². The topological polar surface area (TPSA) is 51.2 Å². The van der Waals surface area contributed by atoms with Crippen LogP contribution in [0.4, 0.5) is 0 Å². The number of nitrogens with one attached hydrogen (secondary N) is 1. The van der Waals surface area contributed by atoms with Gasteiger partial charge in [-0.3, -0.25) is 0 Å². The zero-order valence-corrected chi connectivity index (χ0v) is 10.6. The molecular weight excluding hydrogens is 224 g/mol. The maximum atomic E-state index is 5.52. The van der Waals surface area contributed by atoms with Crippen molar-refractivity contribution < 1.29 is 4.42 Å². The van der Waals surface area contributed by atoms with Crippen molar-refractivity contribution in [3.8, 4) is 0 Å². The van der Waals surface area contributed by atoms with Crippen LogP contribution in [0.15, 0.2) is 47.1 Å². The second-order valence-corrected chi connectivity index (χ2v) is 4.36. The summed E-state index contributed by atoms with van der Waals surface area (Å²) in [4.78, 5) is 0. The summed E-state index contributed by atoms with van der Waals surface area (Å²) in [7, 11) is 0. The van der Waals surface area contributed by atoms with E-state index in [2.05, 4.69) is 29.6 Å². The van der Waals surface area contributed by atoms with E-state index >= 15 is 0 Å². The van der Waals surface area contributed by atoms with Gasteiger partial charge in [-0.05, 0) is 36.2 Å². The maximum Gasteiger partial charge on any atom is 0.105 e. The Hall–Kier alpha value is -1.58. The van der Waals surface area contributed by atoms with Crippen LogP contribution in [0.2, 0.25) is 0 Å². The van der Waals surface area contributed by atoms with E-state index < -0.39 is 0 Å². The zero-order chi connectivity index (χ0) is 12.6. The molecule has 1 aromatic carbocycles. The van der Waals surface area contributed by atoms with E-state index in [-0.39, 0.29) is 0 Å².